The van der Waals surface area contributed by atoms with Gasteiger partial charge in [-0.2, -0.15) is 0 Å². The Morgan fingerprint density at radius 2 is 1.77 bits per heavy atom. The van der Waals surface area contributed by atoms with Gasteiger partial charge >= 0.3 is 0 Å². The molecule has 0 spiro atoms. The van der Waals surface area contributed by atoms with Crippen LogP contribution in [0, 0.1) is 0 Å². The van der Waals surface area contributed by atoms with Crippen LogP contribution in [-0.4, -0.2) is 34.0 Å². The third kappa shape index (κ3) is 5.54. The second-order valence-electron chi connectivity index (χ2n) is 7.46. The van der Waals surface area contributed by atoms with Crippen LogP contribution in [0.25, 0.3) is 0 Å². The average Bonchev–Trinajstić information content (AvgIpc) is 2.79. The van der Waals surface area contributed by atoms with Crippen molar-refractivity contribution < 1.29 is 28.5 Å². The summed E-state index contributed by atoms with van der Waals surface area (Å²) in [7, 11) is 4.66. The quantitative estimate of drug-likeness (QED) is 0.499. The molecule has 2 aromatic rings. The van der Waals surface area contributed by atoms with E-state index in [0.717, 1.165) is 42.7 Å². The van der Waals surface area contributed by atoms with E-state index in [9.17, 15) is 4.79 Å². The molecule has 7 heteroatoms. The molecule has 1 aliphatic rings. The zero-order valence-electron chi connectivity index (χ0n) is 18.7. The maximum absolute atomic E-state index is 13.1. The first-order valence-electron chi connectivity index (χ1n) is 10.6. The maximum Gasteiger partial charge on any atom is 0.230 e. The zero-order chi connectivity index (χ0) is 22.2. The van der Waals surface area contributed by atoms with Crippen molar-refractivity contribution in [1.82, 2.24) is 0 Å². The van der Waals surface area contributed by atoms with Gasteiger partial charge in [0.05, 0.1) is 21.3 Å². The lowest BCUT2D eigenvalue weighted by molar-refractivity contribution is -0.116. The molecule has 7 nitrogen and oxygen atoms in total. The van der Waals surface area contributed by atoms with Crippen molar-refractivity contribution in [3.63, 3.8) is 0 Å². The second kappa shape index (κ2) is 10.8. The first-order chi connectivity index (χ1) is 15.1. The molecule has 0 saturated heterocycles. The molecule has 0 fully saturated rings. The Balaban J connectivity index is 1.81. The van der Waals surface area contributed by atoms with E-state index in [1.54, 1.807) is 33.5 Å². The molecule has 3 rings (SSSR count). The zero-order valence-corrected chi connectivity index (χ0v) is 18.7. The van der Waals surface area contributed by atoms with E-state index < -0.39 is 0 Å². The maximum atomic E-state index is 13.1. The predicted molar refractivity (Wildman–Crippen MR) is 119 cm³/mol. The fourth-order valence-electron chi connectivity index (χ4n) is 3.78. The van der Waals surface area contributed by atoms with E-state index in [0.29, 0.717) is 29.4 Å². The molecule has 2 bridgehead atoms. The van der Waals surface area contributed by atoms with Crippen LogP contribution < -0.4 is 29.0 Å². The summed E-state index contributed by atoms with van der Waals surface area (Å²) in [5.41, 5.74) is 1.52. The van der Waals surface area contributed by atoms with Crippen LogP contribution in [0.3, 0.4) is 0 Å². The Morgan fingerprint density at radius 3 is 2.42 bits per heavy atom. The molecule has 0 unspecified atom stereocenters. The van der Waals surface area contributed by atoms with Crippen molar-refractivity contribution in [2.24, 2.45) is 0 Å². The number of carbonyl (C=O) groups excluding carboxylic acids is 1. The average molecular weight is 430 g/mol. The number of hydrogen-bond acceptors (Lipinski definition) is 6. The Labute approximate surface area is 183 Å². The molecule has 0 radical (unpaired) electrons. The fourth-order valence-corrected chi connectivity index (χ4v) is 3.78. The van der Waals surface area contributed by atoms with Crippen LogP contribution in [0.4, 0.5) is 5.69 Å². The first kappa shape index (κ1) is 22.6. The highest BCUT2D eigenvalue weighted by molar-refractivity contribution is 5.95. The minimum Gasteiger partial charge on any atom is -0.496 e. The van der Waals surface area contributed by atoms with Crippen molar-refractivity contribution in [1.29, 1.82) is 0 Å². The molecular weight excluding hydrogens is 398 g/mol. The first-order valence-corrected chi connectivity index (χ1v) is 10.6. The number of hydrogen-bond donors (Lipinski definition) is 1. The van der Waals surface area contributed by atoms with Gasteiger partial charge < -0.3 is 29.0 Å². The summed E-state index contributed by atoms with van der Waals surface area (Å²) in [4.78, 5) is 13.1. The monoisotopic (exact) mass is 429 g/mol. The standard InChI is InChI=1S/C24H31NO6/c1-5-6-7-8-16(19-10-9-17-12-20(19)31-15-30-17)11-23(26)25-24-21(28-3)13-18(27-2)14-22(24)29-4/h9-10,12-14,16H,5-8,11,15H2,1-4H3,(H,25,26)/t16-/m1/s1. The van der Waals surface area contributed by atoms with Gasteiger partial charge in [0.2, 0.25) is 12.7 Å². The van der Waals surface area contributed by atoms with Gasteiger partial charge in [-0.3, -0.25) is 4.79 Å². The second-order valence-corrected chi connectivity index (χ2v) is 7.46. The van der Waals surface area contributed by atoms with Gasteiger partial charge in [-0.15, -0.1) is 0 Å². The van der Waals surface area contributed by atoms with Gasteiger partial charge in [-0.25, -0.2) is 0 Å². The van der Waals surface area contributed by atoms with Crippen LogP contribution in [0.1, 0.15) is 50.5 Å². The number of amides is 1. The SMILES string of the molecule is CCCCC[C@H](CC(=O)Nc1c(OC)cc(OC)cc1OC)c1ccc2cc1OCO2. The summed E-state index contributed by atoms with van der Waals surface area (Å²) in [6.07, 6.45) is 4.50. The van der Waals surface area contributed by atoms with Crippen molar-refractivity contribution in [2.45, 2.75) is 44.9 Å². The number of benzene rings is 2. The largest absolute Gasteiger partial charge is 0.496 e. The molecule has 1 heterocycles. The summed E-state index contributed by atoms with van der Waals surface area (Å²) in [6, 6.07) is 9.25. The van der Waals surface area contributed by atoms with Crippen LogP contribution >= 0.6 is 0 Å². The highest BCUT2D eigenvalue weighted by atomic mass is 16.7. The van der Waals surface area contributed by atoms with Gasteiger partial charge in [0.25, 0.3) is 0 Å². The van der Waals surface area contributed by atoms with E-state index >= 15 is 0 Å². The number of unbranched alkanes of at least 4 members (excludes halogenated alkanes) is 2. The molecule has 168 valence electrons. The van der Waals surface area contributed by atoms with E-state index in [-0.39, 0.29) is 18.6 Å². The topological polar surface area (TPSA) is 75.3 Å². The third-order valence-electron chi connectivity index (χ3n) is 5.43. The Bertz CT molecular complexity index is 873. The lowest BCUT2D eigenvalue weighted by Crippen LogP contribution is -2.19. The Kier molecular flexibility index (Phi) is 7.87. The minimum absolute atomic E-state index is 0.0314. The molecule has 1 amide bonds. The number of ether oxygens (including phenoxy) is 5. The summed E-state index contributed by atoms with van der Waals surface area (Å²) < 4.78 is 27.3. The van der Waals surface area contributed by atoms with Gasteiger partial charge in [0.15, 0.2) is 0 Å². The van der Waals surface area contributed by atoms with Crippen LogP contribution in [-0.2, 0) is 4.79 Å². The van der Waals surface area contributed by atoms with E-state index in [4.69, 9.17) is 23.7 Å². The van der Waals surface area contributed by atoms with Crippen molar-refractivity contribution in [3.05, 3.63) is 35.9 Å². The van der Waals surface area contributed by atoms with Crippen molar-refractivity contribution >= 4 is 11.6 Å². The van der Waals surface area contributed by atoms with E-state index in [1.165, 1.54) is 0 Å². The van der Waals surface area contributed by atoms with Crippen LogP contribution in [0.2, 0.25) is 0 Å². The fraction of sp³-hybridized carbons (Fsp3) is 0.458. The molecule has 2 aromatic carbocycles. The molecule has 1 N–H and O–H groups in total. The Hall–Kier alpha value is -3.09. The minimum atomic E-state index is -0.119. The summed E-state index contributed by atoms with van der Waals surface area (Å²) >= 11 is 0. The number of nitrogens with one attached hydrogen (secondary N) is 1. The van der Waals surface area contributed by atoms with Crippen LogP contribution in [0.5, 0.6) is 28.7 Å². The lowest BCUT2D eigenvalue weighted by atomic mass is 9.89. The van der Waals surface area contributed by atoms with Gasteiger partial charge in [0, 0.05) is 24.6 Å². The smallest absolute Gasteiger partial charge is 0.230 e. The normalized spacial score (nSPS) is 12.9. The number of carbonyl (C=O) groups is 1. The molecule has 0 saturated carbocycles. The molecule has 31 heavy (non-hydrogen) atoms. The lowest BCUT2D eigenvalue weighted by Gasteiger charge is -2.24. The van der Waals surface area contributed by atoms with E-state index in [2.05, 4.69) is 12.2 Å². The van der Waals surface area contributed by atoms with Gasteiger partial charge in [0.1, 0.15) is 34.4 Å². The van der Waals surface area contributed by atoms with E-state index in [1.807, 2.05) is 18.2 Å². The number of anilines is 1. The van der Waals surface area contributed by atoms with Crippen LogP contribution in [0.15, 0.2) is 30.3 Å². The number of methoxy groups -OCH3 is 3. The highest BCUT2D eigenvalue weighted by Gasteiger charge is 2.24. The summed E-state index contributed by atoms with van der Waals surface area (Å²) in [6.45, 7) is 2.37. The molecule has 0 aromatic heterocycles. The number of fused-ring (bicyclic) bond motifs is 2. The highest BCUT2D eigenvalue weighted by Crippen LogP contribution is 2.41. The van der Waals surface area contributed by atoms with Crippen molar-refractivity contribution in [3.8, 4) is 28.7 Å². The number of rotatable bonds is 11. The molecule has 1 aliphatic heterocycles. The third-order valence-corrected chi connectivity index (χ3v) is 5.43. The van der Waals surface area contributed by atoms with Gasteiger partial charge in [-0.05, 0) is 24.0 Å². The van der Waals surface area contributed by atoms with Crippen molar-refractivity contribution in [2.75, 3.05) is 33.4 Å². The predicted octanol–water partition coefficient (Wildman–Crippen LogP) is 5.13. The van der Waals surface area contributed by atoms with Gasteiger partial charge in [-0.1, -0.05) is 32.3 Å². The summed E-state index contributed by atoms with van der Waals surface area (Å²) in [5, 5.41) is 2.98. The summed E-state index contributed by atoms with van der Waals surface area (Å²) in [5.74, 6) is 3.03. The molecule has 1 atom stereocenters. The molecular formula is C24H31NO6. The Morgan fingerprint density at radius 1 is 1.03 bits per heavy atom. The molecule has 0 aliphatic carbocycles.